The molecular weight excluding hydrogens is 272 g/mol. The fourth-order valence-corrected chi connectivity index (χ4v) is 2.09. The van der Waals surface area contributed by atoms with Gasteiger partial charge >= 0.3 is 11.9 Å². The van der Waals surface area contributed by atoms with Crippen molar-refractivity contribution in [3.63, 3.8) is 0 Å². The van der Waals surface area contributed by atoms with Gasteiger partial charge in [0.05, 0.1) is 18.6 Å². The zero-order valence-corrected chi connectivity index (χ0v) is 13.4. The van der Waals surface area contributed by atoms with Gasteiger partial charge in [-0.05, 0) is 26.3 Å². The second-order valence-corrected chi connectivity index (χ2v) is 5.49. The maximum absolute atomic E-state index is 12.2. The van der Waals surface area contributed by atoms with Crippen LogP contribution in [0.25, 0.3) is 0 Å². The number of ether oxygens (including phenoxy) is 2. The quantitative estimate of drug-likeness (QED) is 0.273. The number of aliphatic hydroxyl groups excluding tert-OH is 1. The van der Waals surface area contributed by atoms with E-state index in [9.17, 15) is 9.59 Å². The first-order valence-corrected chi connectivity index (χ1v) is 7.59. The highest BCUT2D eigenvalue weighted by molar-refractivity contribution is 5.84. The van der Waals surface area contributed by atoms with E-state index in [2.05, 4.69) is 20.4 Å². The molecule has 0 aromatic carbocycles. The van der Waals surface area contributed by atoms with Crippen LogP contribution < -0.4 is 0 Å². The molecule has 0 heterocycles. The molecule has 1 unspecified atom stereocenters. The summed E-state index contributed by atoms with van der Waals surface area (Å²) in [7, 11) is 0. The summed E-state index contributed by atoms with van der Waals surface area (Å²) in [5.41, 5.74) is -0.430. The maximum atomic E-state index is 12.2. The summed E-state index contributed by atoms with van der Waals surface area (Å²) in [6.45, 7) is 9.45. The van der Waals surface area contributed by atoms with Crippen LogP contribution >= 0.6 is 0 Å². The zero-order chi connectivity index (χ0) is 16.3. The van der Waals surface area contributed by atoms with Crippen LogP contribution in [0.2, 0.25) is 0 Å². The van der Waals surface area contributed by atoms with Gasteiger partial charge in [-0.25, -0.2) is 4.79 Å². The van der Waals surface area contributed by atoms with Crippen molar-refractivity contribution in [1.29, 1.82) is 0 Å². The Hall–Kier alpha value is -1.52. The summed E-state index contributed by atoms with van der Waals surface area (Å²) in [5.74, 6) is -1.65. The number of esters is 2. The molecule has 0 aromatic rings. The Morgan fingerprint density at radius 2 is 1.67 bits per heavy atom. The van der Waals surface area contributed by atoms with E-state index in [1.165, 1.54) is 0 Å². The molecule has 5 heteroatoms. The van der Waals surface area contributed by atoms with Gasteiger partial charge in [0.25, 0.3) is 0 Å². The minimum absolute atomic E-state index is 0.0884. The van der Waals surface area contributed by atoms with Crippen LogP contribution in [0.4, 0.5) is 0 Å². The van der Waals surface area contributed by atoms with E-state index in [1.807, 2.05) is 6.92 Å². The second-order valence-electron chi connectivity index (χ2n) is 5.49. The molecule has 5 nitrogen and oxygen atoms in total. The molecule has 21 heavy (non-hydrogen) atoms. The molecule has 0 aliphatic heterocycles. The number of carbonyl (C=O) groups excluding carboxylic acids is 2. The molecule has 0 saturated heterocycles. The zero-order valence-electron chi connectivity index (χ0n) is 13.4. The topological polar surface area (TPSA) is 72.8 Å². The third-order valence-corrected chi connectivity index (χ3v) is 3.37. The molecule has 0 aliphatic rings. The predicted molar refractivity (Wildman–Crippen MR) is 80.8 cm³/mol. The van der Waals surface area contributed by atoms with Gasteiger partial charge < -0.3 is 14.6 Å². The van der Waals surface area contributed by atoms with E-state index >= 15 is 0 Å². The van der Waals surface area contributed by atoms with Crippen molar-refractivity contribution in [1.82, 2.24) is 0 Å². The van der Waals surface area contributed by atoms with Gasteiger partial charge in [0, 0.05) is 6.42 Å². The monoisotopic (exact) mass is 300 g/mol. The van der Waals surface area contributed by atoms with Crippen LogP contribution in [-0.4, -0.2) is 30.3 Å². The lowest BCUT2D eigenvalue weighted by Gasteiger charge is -2.26. The summed E-state index contributed by atoms with van der Waals surface area (Å²) < 4.78 is 9.99. The van der Waals surface area contributed by atoms with Crippen LogP contribution in [0.3, 0.4) is 0 Å². The van der Waals surface area contributed by atoms with E-state index < -0.39 is 17.1 Å². The third kappa shape index (κ3) is 7.73. The first kappa shape index (κ1) is 19.5. The molecule has 0 fully saturated rings. The Morgan fingerprint density at radius 1 is 1.05 bits per heavy atom. The van der Waals surface area contributed by atoms with Crippen molar-refractivity contribution in [3.05, 3.63) is 12.3 Å². The first-order valence-electron chi connectivity index (χ1n) is 7.59. The molecule has 0 amide bonds. The summed E-state index contributed by atoms with van der Waals surface area (Å²) in [4.78, 5) is 23.1. The van der Waals surface area contributed by atoms with Crippen molar-refractivity contribution in [2.75, 3.05) is 13.2 Å². The molecule has 122 valence electrons. The van der Waals surface area contributed by atoms with Crippen molar-refractivity contribution < 1.29 is 24.2 Å². The van der Waals surface area contributed by atoms with E-state index in [0.717, 1.165) is 32.1 Å². The Labute approximate surface area is 127 Å². The number of aliphatic hydroxyl groups is 1. The van der Waals surface area contributed by atoms with Crippen LogP contribution in [0.1, 0.15) is 59.3 Å². The summed E-state index contributed by atoms with van der Waals surface area (Å²) in [6.07, 6.45) is 5.03. The average molecular weight is 300 g/mol. The smallest absolute Gasteiger partial charge is 0.372 e. The lowest BCUT2D eigenvalue weighted by molar-refractivity contribution is -0.156. The summed E-state index contributed by atoms with van der Waals surface area (Å²) in [6, 6.07) is 0. The average Bonchev–Trinajstić information content (AvgIpc) is 2.44. The lowest BCUT2D eigenvalue weighted by Crippen LogP contribution is -2.30. The van der Waals surface area contributed by atoms with Gasteiger partial charge in [-0.2, -0.15) is 0 Å². The number of carbonyl (C=O) groups is 2. The third-order valence-electron chi connectivity index (χ3n) is 3.37. The first-order chi connectivity index (χ1) is 9.87. The second kappa shape index (κ2) is 10.2. The van der Waals surface area contributed by atoms with Crippen molar-refractivity contribution >= 4 is 11.9 Å². The molecule has 0 radical (unpaired) electrons. The van der Waals surface area contributed by atoms with Gasteiger partial charge in [0.15, 0.2) is 5.76 Å². The van der Waals surface area contributed by atoms with Crippen molar-refractivity contribution in [2.45, 2.75) is 59.3 Å². The van der Waals surface area contributed by atoms with Crippen LogP contribution in [0.15, 0.2) is 12.3 Å². The number of rotatable bonds is 11. The standard InChI is InChI=1S/C16H28O5/c1-5-7-10-16(4,9-6-2)15(19)21-12-8-11-20-14(18)13(3)17/h17H,3,5-12H2,1-2,4H3. The molecule has 0 rings (SSSR count). The normalized spacial score (nSPS) is 13.3. The highest BCUT2D eigenvalue weighted by Crippen LogP contribution is 2.31. The van der Waals surface area contributed by atoms with Gasteiger partial charge in [-0.3, -0.25) is 4.79 Å². The van der Waals surface area contributed by atoms with E-state index in [-0.39, 0.29) is 19.2 Å². The Balaban J connectivity index is 4.08. The van der Waals surface area contributed by atoms with Crippen LogP contribution in [-0.2, 0) is 19.1 Å². The van der Waals surface area contributed by atoms with E-state index in [0.29, 0.717) is 6.42 Å². The fraction of sp³-hybridized carbons (Fsp3) is 0.750. The van der Waals surface area contributed by atoms with Crippen LogP contribution in [0, 0.1) is 5.41 Å². The Bertz CT molecular complexity index is 351. The largest absolute Gasteiger partial charge is 0.502 e. The van der Waals surface area contributed by atoms with Gasteiger partial charge in [-0.15, -0.1) is 0 Å². The van der Waals surface area contributed by atoms with Crippen molar-refractivity contribution in [3.8, 4) is 0 Å². The van der Waals surface area contributed by atoms with E-state index in [1.54, 1.807) is 0 Å². The number of unbranched alkanes of at least 4 members (excludes halogenated alkanes) is 1. The molecular formula is C16H28O5. The molecule has 0 aliphatic carbocycles. The molecule has 1 N–H and O–H groups in total. The van der Waals surface area contributed by atoms with Crippen LogP contribution in [0.5, 0.6) is 0 Å². The van der Waals surface area contributed by atoms with Crippen molar-refractivity contribution in [2.24, 2.45) is 5.41 Å². The van der Waals surface area contributed by atoms with Gasteiger partial charge in [0.1, 0.15) is 0 Å². The minimum atomic E-state index is -0.847. The summed E-state index contributed by atoms with van der Waals surface area (Å²) >= 11 is 0. The number of hydrogen-bond donors (Lipinski definition) is 1. The number of hydrogen-bond acceptors (Lipinski definition) is 5. The lowest BCUT2D eigenvalue weighted by atomic mass is 9.81. The van der Waals surface area contributed by atoms with Gasteiger partial charge in [0.2, 0.25) is 0 Å². The van der Waals surface area contributed by atoms with E-state index in [4.69, 9.17) is 14.6 Å². The highest BCUT2D eigenvalue weighted by atomic mass is 16.6. The Morgan fingerprint density at radius 3 is 2.19 bits per heavy atom. The predicted octanol–water partition coefficient (Wildman–Crippen LogP) is 3.53. The highest BCUT2D eigenvalue weighted by Gasteiger charge is 2.33. The fourth-order valence-electron chi connectivity index (χ4n) is 2.09. The van der Waals surface area contributed by atoms with Gasteiger partial charge in [-0.1, -0.05) is 33.1 Å². The molecule has 0 bridgehead atoms. The molecule has 0 spiro atoms. The summed E-state index contributed by atoms with van der Waals surface area (Å²) in [5, 5.41) is 8.76. The SMILES string of the molecule is C=C(O)C(=O)OCCCOC(=O)C(C)(CCC)CCCC. The molecule has 1 atom stereocenters. The molecule has 0 saturated carbocycles. The molecule has 0 aromatic heterocycles. The minimum Gasteiger partial charge on any atom is -0.502 e. The maximum Gasteiger partial charge on any atom is 0.372 e. The Kier molecular flexibility index (Phi) is 9.50.